The van der Waals surface area contributed by atoms with E-state index in [1.807, 2.05) is 6.92 Å². The summed E-state index contributed by atoms with van der Waals surface area (Å²) in [6.07, 6.45) is 3.11. The summed E-state index contributed by atoms with van der Waals surface area (Å²) < 4.78 is 21.0. The average molecular weight is 398 g/mol. The summed E-state index contributed by atoms with van der Waals surface area (Å²) >= 11 is 0. The fourth-order valence-electron chi connectivity index (χ4n) is 3.62. The Bertz CT molecular complexity index is 1010. The van der Waals surface area contributed by atoms with E-state index in [0.717, 1.165) is 19.3 Å². The van der Waals surface area contributed by atoms with Crippen molar-refractivity contribution in [3.05, 3.63) is 53.4 Å². The molecule has 1 aliphatic rings. The van der Waals surface area contributed by atoms with E-state index in [-0.39, 0.29) is 17.6 Å². The lowest BCUT2D eigenvalue weighted by Crippen LogP contribution is -2.39. The molecule has 152 valence electrons. The maximum atomic E-state index is 14.3. The van der Waals surface area contributed by atoms with E-state index in [0.29, 0.717) is 42.7 Å². The molecule has 3 aromatic rings. The van der Waals surface area contributed by atoms with Crippen LogP contribution in [0.25, 0.3) is 5.69 Å². The Hall–Kier alpha value is -3.10. The quantitative estimate of drug-likeness (QED) is 0.656. The van der Waals surface area contributed by atoms with E-state index < -0.39 is 5.82 Å². The molecule has 0 N–H and O–H groups in total. The van der Waals surface area contributed by atoms with Gasteiger partial charge in [0, 0.05) is 19.5 Å². The third kappa shape index (κ3) is 3.90. The molecule has 2 aromatic heterocycles. The first kappa shape index (κ1) is 19.2. The number of aromatic nitrogens is 5. The van der Waals surface area contributed by atoms with Crippen LogP contribution in [0.5, 0.6) is 0 Å². The number of rotatable bonds is 5. The van der Waals surface area contributed by atoms with Crippen molar-refractivity contribution < 1.29 is 13.7 Å². The molecule has 1 fully saturated rings. The number of likely N-dealkylation sites (tertiary alicyclic amines) is 1. The zero-order valence-electron chi connectivity index (χ0n) is 16.5. The van der Waals surface area contributed by atoms with Crippen molar-refractivity contribution in [2.24, 2.45) is 0 Å². The van der Waals surface area contributed by atoms with Crippen LogP contribution < -0.4 is 0 Å². The zero-order chi connectivity index (χ0) is 20.4. The minimum atomic E-state index is -0.404. The minimum Gasteiger partial charge on any atom is -0.339 e. The van der Waals surface area contributed by atoms with Crippen molar-refractivity contribution in [1.29, 1.82) is 0 Å². The Morgan fingerprint density at radius 1 is 1.31 bits per heavy atom. The predicted molar refractivity (Wildman–Crippen MR) is 102 cm³/mol. The van der Waals surface area contributed by atoms with Gasteiger partial charge >= 0.3 is 0 Å². The van der Waals surface area contributed by atoms with Gasteiger partial charge in [0.15, 0.2) is 5.82 Å². The number of nitrogens with zero attached hydrogens (tertiary/aromatic N) is 6. The number of hydrogen-bond donors (Lipinski definition) is 0. The molecular formula is C20H23FN6O2. The molecule has 1 aromatic carbocycles. The summed E-state index contributed by atoms with van der Waals surface area (Å²) in [5.41, 5.74) is 0.292. The van der Waals surface area contributed by atoms with Crippen LogP contribution >= 0.6 is 0 Å². The molecule has 1 atom stereocenters. The summed E-state index contributed by atoms with van der Waals surface area (Å²) in [4.78, 5) is 23.5. The van der Waals surface area contributed by atoms with Crippen molar-refractivity contribution in [2.45, 2.75) is 45.4 Å². The first-order chi connectivity index (χ1) is 14.1. The Morgan fingerprint density at radius 3 is 2.86 bits per heavy atom. The molecule has 29 heavy (non-hydrogen) atoms. The van der Waals surface area contributed by atoms with Crippen molar-refractivity contribution in [2.75, 3.05) is 13.1 Å². The molecule has 1 aliphatic heterocycles. The smallest absolute Gasteiger partial charge is 0.293 e. The highest BCUT2D eigenvalue weighted by Gasteiger charge is 2.31. The molecule has 1 amide bonds. The highest BCUT2D eigenvalue weighted by atomic mass is 19.1. The summed E-state index contributed by atoms with van der Waals surface area (Å²) in [7, 11) is 0. The Balaban J connectivity index is 1.60. The molecule has 0 radical (unpaired) electrons. The number of aryl methyl sites for hydroxylation is 2. The summed E-state index contributed by atoms with van der Waals surface area (Å²) in [6, 6.07) is 6.36. The maximum absolute atomic E-state index is 14.3. The van der Waals surface area contributed by atoms with Crippen LogP contribution in [0.1, 0.15) is 60.3 Å². The van der Waals surface area contributed by atoms with Crippen LogP contribution in [-0.2, 0) is 6.42 Å². The van der Waals surface area contributed by atoms with E-state index in [1.165, 1.54) is 10.7 Å². The van der Waals surface area contributed by atoms with Crippen LogP contribution in [0.3, 0.4) is 0 Å². The van der Waals surface area contributed by atoms with Crippen LogP contribution in [0.15, 0.2) is 28.8 Å². The van der Waals surface area contributed by atoms with Gasteiger partial charge < -0.3 is 9.42 Å². The number of carbonyl (C=O) groups is 1. The number of para-hydroxylation sites is 1. The molecule has 8 nitrogen and oxygen atoms in total. The number of halogens is 1. The Labute approximate surface area is 167 Å². The minimum absolute atomic E-state index is 0.00216. The molecule has 0 saturated carbocycles. The Morgan fingerprint density at radius 2 is 2.14 bits per heavy atom. The van der Waals surface area contributed by atoms with Crippen LogP contribution in [0.2, 0.25) is 0 Å². The van der Waals surface area contributed by atoms with E-state index >= 15 is 0 Å². The first-order valence-corrected chi connectivity index (χ1v) is 9.87. The van der Waals surface area contributed by atoms with Crippen molar-refractivity contribution >= 4 is 5.91 Å². The number of piperidine rings is 1. The number of benzene rings is 1. The third-order valence-corrected chi connectivity index (χ3v) is 5.02. The Kier molecular flexibility index (Phi) is 5.37. The molecule has 4 rings (SSSR count). The highest BCUT2D eigenvalue weighted by molar-refractivity contribution is 5.90. The zero-order valence-corrected chi connectivity index (χ0v) is 16.5. The van der Waals surface area contributed by atoms with Crippen LogP contribution in [0.4, 0.5) is 4.39 Å². The topological polar surface area (TPSA) is 89.9 Å². The van der Waals surface area contributed by atoms with E-state index in [4.69, 9.17) is 4.52 Å². The lowest BCUT2D eigenvalue weighted by molar-refractivity contribution is 0.0683. The van der Waals surface area contributed by atoms with Gasteiger partial charge in [0.2, 0.25) is 11.7 Å². The van der Waals surface area contributed by atoms with Crippen LogP contribution in [-0.4, -0.2) is 48.8 Å². The standard InChI is InChI=1S/C20H23FN6O2/c1-3-7-17-23-18(24-27(17)16-10-5-4-9-15(16)21)20(28)26-11-6-8-14(12-26)19-22-13(2)25-29-19/h4-5,9-10,14H,3,6-8,11-12H2,1-2H3/t14-/m0/s1. The van der Waals surface area contributed by atoms with Gasteiger partial charge in [-0.05, 0) is 38.3 Å². The van der Waals surface area contributed by atoms with Crippen molar-refractivity contribution in [1.82, 2.24) is 29.8 Å². The summed E-state index contributed by atoms with van der Waals surface area (Å²) in [6.45, 7) is 4.86. The van der Waals surface area contributed by atoms with Gasteiger partial charge in [0.25, 0.3) is 5.91 Å². The lowest BCUT2D eigenvalue weighted by Gasteiger charge is -2.30. The van der Waals surface area contributed by atoms with Gasteiger partial charge in [0.1, 0.15) is 17.3 Å². The van der Waals surface area contributed by atoms with E-state index in [1.54, 1.807) is 30.0 Å². The predicted octanol–water partition coefficient (Wildman–Crippen LogP) is 3.07. The van der Waals surface area contributed by atoms with Gasteiger partial charge in [0.05, 0.1) is 5.92 Å². The SMILES string of the molecule is CCCc1nc(C(=O)N2CCC[C@H](c3nc(C)no3)C2)nn1-c1ccccc1F. The fourth-order valence-corrected chi connectivity index (χ4v) is 3.62. The molecule has 0 bridgehead atoms. The monoisotopic (exact) mass is 398 g/mol. The lowest BCUT2D eigenvalue weighted by atomic mass is 9.98. The molecule has 9 heteroatoms. The van der Waals surface area contributed by atoms with Crippen LogP contribution in [0, 0.1) is 12.7 Å². The number of amides is 1. The van der Waals surface area contributed by atoms with Gasteiger partial charge in [-0.3, -0.25) is 4.79 Å². The third-order valence-electron chi connectivity index (χ3n) is 5.02. The van der Waals surface area contributed by atoms with Gasteiger partial charge in [-0.15, -0.1) is 5.10 Å². The van der Waals surface area contributed by atoms with Gasteiger partial charge in [-0.1, -0.05) is 24.2 Å². The second-order valence-electron chi connectivity index (χ2n) is 7.24. The molecular weight excluding hydrogens is 375 g/mol. The maximum Gasteiger partial charge on any atom is 0.293 e. The number of hydrogen-bond acceptors (Lipinski definition) is 6. The molecule has 0 unspecified atom stereocenters. The van der Waals surface area contributed by atoms with Gasteiger partial charge in [-0.25, -0.2) is 14.1 Å². The second-order valence-corrected chi connectivity index (χ2v) is 7.24. The molecule has 0 spiro atoms. The molecule has 1 saturated heterocycles. The summed E-state index contributed by atoms with van der Waals surface area (Å²) in [5, 5.41) is 8.20. The van der Waals surface area contributed by atoms with Crippen molar-refractivity contribution in [3.8, 4) is 5.69 Å². The fraction of sp³-hybridized carbons (Fsp3) is 0.450. The van der Waals surface area contributed by atoms with E-state index in [2.05, 4.69) is 20.2 Å². The normalized spacial score (nSPS) is 16.9. The second kappa shape index (κ2) is 8.10. The van der Waals surface area contributed by atoms with Crippen molar-refractivity contribution in [3.63, 3.8) is 0 Å². The largest absolute Gasteiger partial charge is 0.339 e. The average Bonchev–Trinajstić information content (AvgIpc) is 3.35. The number of carbonyl (C=O) groups excluding carboxylic acids is 1. The van der Waals surface area contributed by atoms with E-state index in [9.17, 15) is 9.18 Å². The molecule has 3 heterocycles. The van der Waals surface area contributed by atoms with Gasteiger partial charge in [-0.2, -0.15) is 4.98 Å². The highest BCUT2D eigenvalue weighted by Crippen LogP contribution is 2.26. The summed E-state index contributed by atoms with van der Waals surface area (Å²) in [5.74, 6) is 1.12. The molecule has 0 aliphatic carbocycles. The first-order valence-electron chi connectivity index (χ1n) is 9.87.